The zero-order valence-corrected chi connectivity index (χ0v) is 12.0. The minimum Gasteiger partial charge on any atom is -0.356 e. The Kier molecular flexibility index (Phi) is 6.29. The van der Waals surface area contributed by atoms with Crippen LogP contribution in [0.4, 0.5) is 0 Å². The fourth-order valence-corrected chi connectivity index (χ4v) is 1.98. The molecule has 0 fully saturated rings. The summed E-state index contributed by atoms with van der Waals surface area (Å²) in [4.78, 5) is 16.9. The van der Waals surface area contributed by atoms with Crippen LogP contribution < -0.4 is 5.32 Å². The molecular formula is C12H20BrN3O. The lowest BCUT2D eigenvalue weighted by atomic mass is 10.3. The SMILES string of the molecule is CCN(CC)CCCNC(=O)c1cc(Br)c[nH]1. The number of rotatable bonds is 7. The summed E-state index contributed by atoms with van der Waals surface area (Å²) in [5.74, 6) is -0.0461. The molecule has 0 aliphatic rings. The number of aromatic nitrogens is 1. The third-order valence-electron chi connectivity index (χ3n) is 2.72. The second-order valence-corrected chi connectivity index (χ2v) is 4.78. The molecule has 0 saturated heterocycles. The summed E-state index contributed by atoms with van der Waals surface area (Å²) in [6, 6.07) is 1.78. The molecule has 1 aromatic heterocycles. The molecular weight excluding hydrogens is 282 g/mol. The van der Waals surface area contributed by atoms with Crippen LogP contribution in [0, 0.1) is 0 Å². The highest BCUT2D eigenvalue weighted by Gasteiger charge is 2.06. The predicted molar refractivity (Wildman–Crippen MR) is 73.2 cm³/mol. The van der Waals surface area contributed by atoms with Gasteiger partial charge in [-0.1, -0.05) is 13.8 Å². The Hall–Kier alpha value is -0.810. The van der Waals surface area contributed by atoms with E-state index in [1.165, 1.54) is 0 Å². The average molecular weight is 302 g/mol. The summed E-state index contributed by atoms with van der Waals surface area (Å²) < 4.78 is 0.894. The van der Waals surface area contributed by atoms with Crippen LogP contribution in [0.25, 0.3) is 0 Å². The molecule has 2 N–H and O–H groups in total. The van der Waals surface area contributed by atoms with Gasteiger partial charge >= 0.3 is 0 Å². The topological polar surface area (TPSA) is 48.1 Å². The fraction of sp³-hybridized carbons (Fsp3) is 0.583. The highest BCUT2D eigenvalue weighted by Crippen LogP contribution is 2.10. The van der Waals surface area contributed by atoms with E-state index in [1.807, 2.05) is 0 Å². The fourth-order valence-electron chi connectivity index (χ4n) is 1.64. The first-order chi connectivity index (χ1) is 8.17. The molecule has 0 aliphatic carbocycles. The third kappa shape index (κ3) is 4.91. The Morgan fingerprint density at radius 2 is 2.18 bits per heavy atom. The molecule has 0 atom stereocenters. The number of nitrogens with zero attached hydrogens (tertiary/aromatic N) is 1. The van der Waals surface area contributed by atoms with Crippen LogP contribution in [0.1, 0.15) is 30.8 Å². The highest BCUT2D eigenvalue weighted by molar-refractivity contribution is 9.10. The number of hydrogen-bond donors (Lipinski definition) is 2. The van der Waals surface area contributed by atoms with Gasteiger partial charge in [0.1, 0.15) is 5.69 Å². The largest absolute Gasteiger partial charge is 0.356 e. The molecule has 1 aromatic rings. The van der Waals surface area contributed by atoms with Crippen molar-refractivity contribution in [2.45, 2.75) is 20.3 Å². The van der Waals surface area contributed by atoms with E-state index in [9.17, 15) is 4.79 Å². The van der Waals surface area contributed by atoms with Gasteiger partial charge in [-0.25, -0.2) is 0 Å². The average Bonchev–Trinajstić information content (AvgIpc) is 2.76. The molecule has 5 heteroatoms. The molecule has 0 saturated carbocycles. The number of halogens is 1. The van der Waals surface area contributed by atoms with E-state index < -0.39 is 0 Å². The number of carbonyl (C=O) groups is 1. The molecule has 0 bridgehead atoms. The summed E-state index contributed by atoms with van der Waals surface area (Å²) >= 11 is 3.30. The zero-order chi connectivity index (χ0) is 12.7. The summed E-state index contributed by atoms with van der Waals surface area (Å²) in [6.45, 7) is 8.17. The molecule has 0 aliphatic heterocycles. The van der Waals surface area contributed by atoms with Crippen molar-refractivity contribution in [1.82, 2.24) is 15.2 Å². The maximum Gasteiger partial charge on any atom is 0.267 e. The van der Waals surface area contributed by atoms with Gasteiger partial charge in [0.2, 0.25) is 0 Å². The number of nitrogens with one attached hydrogen (secondary N) is 2. The van der Waals surface area contributed by atoms with Crippen molar-refractivity contribution in [3.63, 3.8) is 0 Å². The molecule has 0 aromatic carbocycles. The minimum absolute atomic E-state index is 0.0461. The molecule has 4 nitrogen and oxygen atoms in total. The van der Waals surface area contributed by atoms with Gasteiger partial charge in [0, 0.05) is 17.2 Å². The summed E-state index contributed by atoms with van der Waals surface area (Å²) in [7, 11) is 0. The molecule has 1 heterocycles. The van der Waals surface area contributed by atoms with Crippen LogP contribution in [0.3, 0.4) is 0 Å². The lowest BCUT2D eigenvalue weighted by Gasteiger charge is -2.17. The van der Waals surface area contributed by atoms with Gasteiger partial charge in [0.05, 0.1) is 0 Å². The van der Waals surface area contributed by atoms with E-state index >= 15 is 0 Å². The normalized spacial score (nSPS) is 10.8. The number of aromatic amines is 1. The predicted octanol–water partition coefficient (Wildman–Crippen LogP) is 2.24. The lowest BCUT2D eigenvalue weighted by Crippen LogP contribution is -2.30. The maximum atomic E-state index is 11.7. The first kappa shape index (κ1) is 14.3. The molecule has 0 unspecified atom stereocenters. The molecule has 96 valence electrons. The smallest absolute Gasteiger partial charge is 0.267 e. The molecule has 0 radical (unpaired) electrons. The van der Waals surface area contributed by atoms with Crippen molar-refractivity contribution in [1.29, 1.82) is 0 Å². The van der Waals surface area contributed by atoms with Gasteiger partial charge in [-0.05, 0) is 48.1 Å². The van der Waals surface area contributed by atoms with Gasteiger partial charge in [-0.3, -0.25) is 4.79 Å². The number of carbonyl (C=O) groups excluding carboxylic acids is 1. The van der Waals surface area contributed by atoms with Gasteiger partial charge in [0.25, 0.3) is 5.91 Å². The number of hydrogen-bond acceptors (Lipinski definition) is 2. The number of H-pyrrole nitrogens is 1. The van der Waals surface area contributed by atoms with Crippen molar-refractivity contribution in [2.24, 2.45) is 0 Å². The van der Waals surface area contributed by atoms with Gasteiger partial charge in [-0.15, -0.1) is 0 Å². The van der Waals surface area contributed by atoms with Crippen LogP contribution in [0.5, 0.6) is 0 Å². The van der Waals surface area contributed by atoms with Crippen LogP contribution in [-0.4, -0.2) is 42.0 Å². The van der Waals surface area contributed by atoms with Gasteiger partial charge in [-0.2, -0.15) is 0 Å². The van der Waals surface area contributed by atoms with E-state index in [0.29, 0.717) is 12.2 Å². The van der Waals surface area contributed by atoms with Gasteiger partial charge in [0.15, 0.2) is 0 Å². The Morgan fingerprint density at radius 3 is 2.71 bits per heavy atom. The lowest BCUT2D eigenvalue weighted by molar-refractivity contribution is 0.0947. The monoisotopic (exact) mass is 301 g/mol. The van der Waals surface area contributed by atoms with E-state index in [0.717, 1.165) is 30.5 Å². The molecule has 0 spiro atoms. The maximum absolute atomic E-state index is 11.7. The highest BCUT2D eigenvalue weighted by atomic mass is 79.9. The third-order valence-corrected chi connectivity index (χ3v) is 3.18. The summed E-state index contributed by atoms with van der Waals surface area (Å²) in [5, 5.41) is 2.90. The second kappa shape index (κ2) is 7.50. The zero-order valence-electron chi connectivity index (χ0n) is 10.4. The minimum atomic E-state index is -0.0461. The van der Waals surface area contributed by atoms with Crippen molar-refractivity contribution in [3.05, 3.63) is 22.4 Å². The quantitative estimate of drug-likeness (QED) is 0.759. The first-order valence-electron chi connectivity index (χ1n) is 6.01. The van der Waals surface area contributed by atoms with Crippen molar-refractivity contribution in [2.75, 3.05) is 26.2 Å². The Balaban J connectivity index is 2.21. The summed E-state index contributed by atoms with van der Waals surface area (Å²) in [5.41, 5.74) is 0.597. The van der Waals surface area contributed by atoms with Crippen LogP contribution in [-0.2, 0) is 0 Å². The molecule has 17 heavy (non-hydrogen) atoms. The molecule has 1 amide bonds. The van der Waals surface area contributed by atoms with Gasteiger partial charge < -0.3 is 15.2 Å². The molecule has 1 rings (SSSR count). The summed E-state index contributed by atoms with van der Waals surface area (Å²) in [6.07, 6.45) is 2.74. The Morgan fingerprint density at radius 1 is 1.47 bits per heavy atom. The van der Waals surface area contributed by atoms with Crippen molar-refractivity contribution in [3.8, 4) is 0 Å². The van der Waals surface area contributed by atoms with E-state index in [2.05, 4.69) is 45.0 Å². The standard InChI is InChI=1S/C12H20BrN3O/c1-3-16(4-2)7-5-6-14-12(17)11-8-10(13)9-15-11/h8-9,15H,3-7H2,1-2H3,(H,14,17). The Bertz CT molecular complexity index is 347. The first-order valence-corrected chi connectivity index (χ1v) is 6.81. The van der Waals surface area contributed by atoms with E-state index in [1.54, 1.807) is 12.3 Å². The van der Waals surface area contributed by atoms with E-state index in [4.69, 9.17) is 0 Å². The number of amides is 1. The van der Waals surface area contributed by atoms with Crippen molar-refractivity contribution < 1.29 is 4.79 Å². The Labute approximate surface area is 111 Å². The van der Waals surface area contributed by atoms with E-state index in [-0.39, 0.29) is 5.91 Å². The van der Waals surface area contributed by atoms with Crippen LogP contribution in [0.15, 0.2) is 16.7 Å². The van der Waals surface area contributed by atoms with Crippen molar-refractivity contribution >= 4 is 21.8 Å². The van der Waals surface area contributed by atoms with Crippen LogP contribution >= 0.6 is 15.9 Å². The second-order valence-electron chi connectivity index (χ2n) is 3.87. The van der Waals surface area contributed by atoms with Crippen LogP contribution in [0.2, 0.25) is 0 Å².